The molecule has 2 heterocycles. The molecule has 1 aliphatic carbocycles. The summed E-state index contributed by atoms with van der Waals surface area (Å²) in [6.45, 7) is 4.22. The van der Waals surface area contributed by atoms with Crippen LogP contribution in [0.4, 0.5) is 5.82 Å². The second kappa shape index (κ2) is 4.53. The number of pyridine rings is 1. The van der Waals surface area contributed by atoms with Crippen molar-refractivity contribution in [2.45, 2.75) is 25.8 Å². The molecule has 1 saturated heterocycles. The van der Waals surface area contributed by atoms with Gasteiger partial charge in [-0.25, -0.2) is 4.98 Å². The van der Waals surface area contributed by atoms with E-state index in [2.05, 4.69) is 25.8 Å². The summed E-state index contributed by atoms with van der Waals surface area (Å²) < 4.78 is 0.978. The third kappa shape index (κ3) is 2.23. The first-order valence-electron chi connectivity index (χ1n) is 6.32. The number of aryl methyl sites for hydroxylation is 1. The first-order chi connectivity index (χ1) is 8.65. The Bertz CT molecular complexity index is 487. The van der Waals surface area contributed by atoms with E-state index in [1.54, 1.807) is 6.20 Å². The number of hydrogen-bond acceptors (Lipinski definition) is 3. The molecular weight excluding hydrogens is 294 g/mol. The number of halogens is 1. The van der Waals surface area contributed by atoms with Crippen molar-refractivity contribution in [1.82, 2.24) is 9.88 Å². The number of piperazine rings is 1. The molecule has 2 fully saturated rings. The van der Waals surface area contributed by atoms with E-state index in [0.717, 1.165) is 28.9 Å². The van der Waals surface area contributed by atoms with Crippen LogP contribution in [0.15, 0.2) is 16.7 Å². The van der Waals surface area contributed by atoms with Crippen molar-refractivity contribution in [3.05, 3.63) is 22.3 Å². The molecule has 0 atom stereocenters. The van der Waals surface area contributed by atoms with E-state index < -0.39 is 0 Å². The summed E-state index contributed by atoms with van der Waals surface area (Å²) in [6, 6.07) is 2.57. The van der Waals surface area contributed by atoms with Gasteiger partial charge in [0.1, 0.15) is 5.82 Å². The Labute approximate surface area is 115 Å². The van der Waals surface area contributed by atoms with Gasteiger partial charge in [-0.1, -0.05) is 0 Å². The largest absolute Gasteiger partial charge is 0.345 e. The second-order valence-corrected chi connectivity index (χ2v) is 5.95. The number of aromatic nitrogens is 1. The Hall–Kier alpha value is -1.10. The van der Waals surface area contributed by atoms with Crippen LogP contribution in [-0.2, 0) is 4.79 Å². The summed E-state index contributed by atoms with van der Waals surface area (Å²) in [5.74, 6) is 1.18. The van der Waals surface area contributed by atoms with Crippen LogP contribution in [0, 0.1) is 6.92 Å². The molecule has 0 radical (unpaired) electrons. The highest BCUT2D eigenvalue weighted by Crippen LogP contribution is 2.29. The maximum Gasteiger partial charge on any atom is 0.242 e. The summed E-state index contributed by atoms with van der Waals surface area (Å²) in [4.78, 5) is 20.6. The zero-order valence-electron chi connectivity index (χ0n) is 10.4. The van der Waals surface area contributed by atoms with E-state index >= 15 is 0 Å². The quantitative estimate of drug-likeness (QED) is 0.838. The van der Waals surface area contributed by atoms with Crippen LogP contribution in [0.5, 0.6) is 0 Å². The van der Waals surface area contributed by atoms with Gasteiger partial charge < -0.3 is 9.80 Å². The number of nitrogens with zero attached hydrogens (tertiary/aromatic N) is 3. The van der Waals surface area contributed by atoms with Gasteiger partial charge in [-0.3, -0.25) is 4.79 Å². The first-order valence-corrected chi connectivity index (χ1v) is 7.11. The third-order valence-corrected chi connectivity index (χ3v) is 4.00. The van der Waals surface area contributed by atoms with Crippen LogP contribution in [0.3, 0.4) is 0 Å². The molecule has 0 bridgehead atoms. The lowest BCUT2D eigenvalue weighted by molar-refractivity contribution is -0.131. The monoisotopic (exact) mass is 309 g/mol. The lowest BCUT2D eigenvalue weighted by Crippen LogP contribution is -2.51. The van der Waals surface area contributed by atoms with E-state index in [9.17, 15) is 4.79 Å². The van der Waals surface area contributed by atoms with Gasteiger partial charge in [0.05, 0.1) is 6.54 Å². The lowest BCUT2D eigenvalue weighted by Gasteiger charge is -2.35. The third-order valence-electron chi connectivity index (χ3n) is 3.56. The molecule has 1 aromatic heterocycles. The van der Waals surface area contributed by atoms with Crippen LogP contribution >= 0.6 is 15.9 Å². The molecule has 4 nitrogen and oxygen atoms in total. The van der Waals surface area contributed by atoms with Gasteiger partial charge >= 0.3 is 0 Å². The molecule has 1 saturated carbocycles. The second-order valence-electron chi connectivity index (χ2n) is 5.03. The van der Waals surface area contributed by atoms with Crippen molar-refractivity contribution >= 4 is 27.7 Å². The molecule has 5 heteroatoms. The Morgan fingerprint density at radius 1 is 1.39 bits per heavy atom. The Morgan fingerprint density at radius 2 is 2.17 bits per heavy atom. The molecule has 3 rings (SSSR count). The van der Waals surface area contributed by atoms with Crippen molar-refractivity contribution in [2.75, 3.05) is 24.5 Å². The van der Waals surface area contributed by atoms with Crippen molar-refractivity contribution in [3.8, 4) is 0 Å². The maximum atomic E-state index is 12.1. The van der Waals surface area contributed by atoms with E-state index in [1.807, 2.05) is 17.9 Å². The fourth-order valence-electron chi connectivity index (χ4n) is 2.50. The number of hydrogen-bond donors (Lipinski definition) is 0. The SMILES string of the molecule is Cc1cc(Br)cnc1N1CCN(C2CC2)C(=O)C1. The zero-order valence-corrected chi connectivity index (χ0v) is 12.0. The standard InChI is InChI=1S/C13H16BrN3O/c1-9-6-10(14)7-15-13(9)16-4-5-17(11-2-3-11)12(18)8-16/h6-7,11H,2-5,8H2,1H3. The summed E-state index contributed by atoms with van der Waals surface area (Å²) >= 11 is 3.41. The fraction of sp³-hybridized carbons (Fsp3) is 0.538. The van der Waals surface area contributed by atoms with E-state index in [4.69, 9.17) is 0 Å². The minimum Gasteiger partial charge on any atom is -0.345 e. The molecule has 0 N–H and O–H groups in total. The van der Waals surface area contributed by atoms with Gasteiger partial charge in [0.2, 0.25) is 5.91 Å². The smallest absolute Gasteiger partial charge is 0.242 e. The van der Waals surface area contributed by atoms with Gasteiger partial charge in [-0.2, -0.15) is 0 Å². The highest BCUT2D eigenvalue weighted by molar-refractivity contribution is 9.10. The van der Waals surface area contributed by atoms with E-state index in [0.29, 0.717) is 12.6 Å². The van der Waals surface area contributed by atoms with Crippen molar-refractivity contribution in [1.29, 1.82) is 0 Å². The zero-order chi connectivity index (χ0) is 12.7. The lowest BCUT2D eigenvalue weighted by atomic mass is 10.2. The van der Waals surface area contributed by atoms with E-state index in [-0.39, 0.29) is 5.91 Å². The van der Waals surface area contributed by atoms with Gasteiger partial charge in [0, 0.05) is 29.8 Å². The van der Waals surface area contributed by atoms with Crippen molar-refractivity contribution in [3.63, 3.8) is 0 Å². The highest BCUT2D eigenvalue weighted by atomic mass is 79.9. The molecular formula is C13H16BrN3O. The highest BCUT2D eigenvalue weighted by Gasteiger charge is 2.36. The molecule has 1 aliphatic heterocycles. The van der Waals surface area contributed by atoms with Crippen LogP contribution < -0.4 is 4.90 Å². The molecule has 2 aliphatic rings. The van der Waals surface area contributed by atoms with Crippen LogP contribution in [0.1, 0.15) is 18.4 Å². The van der Waals surface area contributed by atoms with E-state index in [1.165, 1.54) is 12.8 Å². The summed E-state index contributed by atoms with van der Waals surface area (Å²) in [6.07, 6.45) is 4.16. The number of carbonyl (C=O) groups excluding carboxylic acids is 1. The molecule has 0 spiro atoms. The van der Waals surface area contributed by atoms with Gasteiger partial charge in [-0.15, -0.1) is 0 Å². The van der Waals surface area contributed by atoms with Gasteiger partial charge in [0.15, 0.2) is 0 Å². The average Bonchev–Trinajstić information content (AvgIpc) is 3.13. The predicted octanol–water partition coefficient (Wildman–Crippen LogP) is 1.96. The molecule has 1 amide bonds. The molecule has 0 unspecified atom stereocenters. The topological polar surface area (TPSA) is 36.4 Å². The number of anilines is 1. The summed E-state index contributed by atoms with van der Waals surface area (Å²) in [5.41, 5.74) is 1.11. The van der Waals surface area contributed by atoms with Gasteiger partial charge in [-0.05, 0) is 47.3 Å². The van der Waals surface area contributed by atoms with Gasteiger partial charge in [0.25, 0.3) is 0 Å². The number of rotatable bonds is 2. The average molecular weight is 310 g/mol. The summed E-state index contributed by atoms with van der Waals surface area (Å²) in [5, 5.41) is 0. The minimum atomic E-state index is 0.243. The van der Waals surface area contributed by atoms with Crippen molar-refractivity contribution < 1.29 is 4.79 Å². The van der Waals surface area contributed by atoms with Crippen LogP contribution in [0.2, 0.25) is 0 Å². The van der Waals surface area contributed by atoms with Crippen LogP contribution in [-0.4, -0.2) is 41.5 Å². The van der Waals surface area contributed by atoms with Crippen molar-refractivity contribution in [2.24, 2.45) is 0 Å². The maximum absolute atomic E-state index is 12.1. The molecule has 18 heavy (non-hydrogen) atoms. The number of amides is 1. The van der Waals surface area contributed by atoms with Crippen LogP contribution in [0.25, 0.3) is 0 Å². The Kier molecular flexibility index (Phi) is 3.01. The number of carbonyl (C=O) groups is 1. The predicted molar refractivity (Wildman–Crippen MR) is 73.6 cm³/mol. The minimum absolute atomic E-state index is 0.243. The molecule has 0 aromatic carbocycles. The molecule has 1 aromatic rings. The summed E-state index contributed by atoms with van der Waals surface area (Å²) in [7, 11) is 0. The fourth-order valence-corrected chi connectivity index (χ4v) is 2.95. The molecule has 96 valence electrons. The first kappa shape index (κ1) is 12.0. The Balaban J connectivity index is 1.76. The normalized spacial score (nSPS) is 20.4. The Morgan fingerprint density at radius 3 is 2.78 bits per heavy atom.